The first-order chi connectivity index (χ1) is 24.8. The molecule has 5 heteroatoms. The quantitative estimate of drug-likeness (QED) is 0.185. The second-order valence-corrected chi connectivity index (χ2v) is 13.9. The topological polar surface area (TPSA) is 27.7 Å². The Morgan fingerprint density at radius 2 is 1.08 bits per heavy atom. The Morgan fingerprint density at radius 1 is 0.420 bits per heavy atom. The lowest BCUT2D eigenvalue weighted by Crippen LogP contribution is -1.98. The summed E-state index contributed by atoms with van der Waals surface area (Å²) >= 11 is 1.89. The number of hydrogen-bond donors (Lipinski definition) is 0. The van der Waals surface area contributed by atoms with Crippen molar-refractivity contribution in [3.8, 4) is 28.5 Å². The number of imidazole rings is 1. The third-order valence-corrected chi connectivity index (χ3v) is 11.3. The summed E-state index contributed by atoms with van der Waals surface area (Å²) in [5.41, 5.74) is 10.2. The molecule has 0 spiro atoms. The van der Waals surface area contributed by atoms with E-state index in [0.29, 0.717) is 0 Å². The average molecular weight is 657 g/mol. The Morgan fingerprint density at radius 3 is 1.92 bits per heavy atom. The van der Waals surface area contributed by atoms with Gasteiger partial charge in [-0.2, -0.15) is 0 Å². The summed E-state index contributed by atoms with van der Waals surface area (Å²) in [6.07, 6.45) is 2.20. The Bertz CT molecular complexity index is 3070. The van der Waals surface area contributed by atoms with E-state index in [-0.39, 0.29) is 0 Å². The van der Waals surface area contributed by atoms with E-state index >= 15 is 0 Å². The van der Waals surface area contributed by atoms with Gasteiger partial charge in [0.05, 0.1) is 32.3 Å². The SMILES string of the molecule is c1ccc(-n2ccc3c2ccc2c4ccc5c6ccccc6sc5c4n(-c4ccc(-c5nc6ccccc6n5-c5ccccc5)cc4)c23)cc1. The second kappa shape index (κ2) is 10.5. The normalized spacial score (nSPS) is 12.0. The molecule has 0 saturated heterocycles. The Balaban J connectivity index is 1.20. The third kappa shape index (κ3) is 3.89. The van der Waals surface area contributed by atoms with Gasteiger partial charge in [0, 0.05) is 60.5 Å². The summed E-state index contributed by atoms with van der Waals surface area (Å²) in [5.74, 6) is 0.931. The highest BCUT2D eigenvalue weighted by atomic mass is 32.1. The van der Waals surface area contributed by atoms with Crippen LogP contribution in [-0.2, 0) is 0 Å². The van der Waals surface area contributed by atoms with Gasteiger partial charge in [-0.25, -0.2) is 4.98 Å². The third-order valence-electron chi connectivity index (χ3n) is 10.1. The molecular weight excluding hydrogens is 629 g/mol. The van der Waals surface area contributed by atoms with Crippen LogP contribution in [0.25, 0.3) is 92.4 Å². The first-order valence-electron chi connectivity index (χ1n) is 16.9. The van der Waals surface area contributed by atoms with Crippen molar-refractivity contribution in [2.75, 3.05) is 0 Å². The van der Waals surface area contributed by atoms with E-state index in [2.05, 4.69) is 184 Å². The van der Waals surface area contributed by atoms with E-state index in [9.17, 15) is 0 Å². The fourth-order valence-electron chi connectivity index (χ4n) is 7.87. The molecule has 0 radical (unpaired) electrons. The van der Waals surface area contributed by atoms with Gasteiger partial charge < -0.3 is 9.13 Å². The molecule has 0 N–H and O–H groups in total. The monoisotopic (exact) mass is 656 g/mol. The standard InChI is InChI=1S/C45H28N4S/c1-3-11-30(12-4-1)47-28-27-37-39(47)26-25-34-35-23-24-36-33-15-7-10-18-41(33)50-44(36)43(35)49(42(34)37)32-21-19-29(20-22-32)45-46-38-16-8-9-17-40(38)48(45)31-13-5-2-6-14-31/h1-28H. The fourth-order valence-corrected chi connectivity index (χ4v) is 9.12. The summed E-state index contributed by atoms with van der Waals surface area (Å²) < 4.78 is 9.68. The Hall–Kier alpha value is -6.43. The van der Waals surface area contributed by atoms with Gasteiger partial charge >= 0.3 is 0 Å². The van der Waals surface area contributed by atoms with Crippen molar-refractivity contribution >= 4 is 75.3 Å². The van der Waals surface area contributed by atoms with E-state index in [0.717, 1.165) is 39.5 Å². The summed E-state index contributed by atoms with van der Waals surface area (Å²) in [5, 5.41) is 6.36. The molecule has 0 fully saturated rings. The predicted molar refractivity (Wildman–Crippen MR) is 211 cm³/mol. The highest BCUT2D eigenvalue weighted by Gasteiger charge is 2.21. The van der Waals surface area contributed by atoms with Crippen LogP contribution >= 0.6 is 11.3 Å². The van der Waals surface area contributed by atoms with Crippen LogP contribution in [0.3, 0.4) is 0 Å². The van der Waals surface area contributed by atoms with Gasteiger partial charge in [-0.05, 0) is 78.9 Å². The van der Waals surface area contributed by atoms with Crippen molar-refractivity contribution in [1.82, 2.24) is 18.7 Å². The molecule has 4 aromatic heterocycles. The lowest BCUT2D eigenvalue weighted by Gasteiger charge is -2.12. The number of fused-ring (bicyclic) bond motifs is 10. The van der Waals surface area contributed by atoms with E-state index < -0.39 is 0 Å². The number of rotatable bonds is 4. The minimum atomic E-state index is 0.931. The second-order valence-electron chi connectivity index (χ2n) is 12.8. The van der Waals surface area contributed by atoms with Crippen molar-refractivity contribution in [2.24, 2.45) is 0 Å². The van der Waals surface area contributed by atoms with Crippen molar-refractivity contribution < 1.29 is 0 Å². The van der Waals surface area contributed by atoms with E-state index in [1.165, 1.54) is 52.9 Å². The molecule has 0 amide bonds. The first kappa shape index (κ1) is 27.5. The molecule has 4 nitrogen and oxygen atoms in total. The molecule has 7 aromatic carbocycles. The number of thiophene rings is 1. The summed E-state index contributed by atoms with van der Waals surface area (Å²) in [6, 6.07) is 58.8. The molecule has 0 aliphatic carbocycles. The molecule has 0 atom stereocenters. The Kier molecular flexibility index (Phi) is 5.80. The van der Waals surface area contributed by atoms with Crippen LogP contribution in [0.2, 0.25) is 0 Å². The predicted octanol–water partition coefficient (Wildman–Crippen LogP) is 12.1. The molecule has 234 valence electrons. The summed E-state index contributed by atoms with van der Waals surface area (Å²) in [7, 11) is 0. The van der Waals surface area contributed by atoms with Crippen LogP contribution in [0.4, 0.5) is 0 Å². The molecule has 0 aliphatic heterocycles. The zero-order chi connectivity index (χ0) is 32.8. The molecule has 11 rings (SSSR count). The zero-order valence-electron chi connectivity index (χ0n) is 26.9. The summed E-state index contributed by atoms with van der Waals surface area (Å²) in [4.78, 5) is 5.14. The largest absolute Gasteiger partial charge is 0.316 e. The highest BCUT2D eigenvalue weighted by Crippen LogP contribution is 2.45. The van der Waals surface area contributed by atoms with Crippen LogP contribution in [0, 0.1) is 0 Å². The van der Waals surface area contributed by atoms with Gasteiger partial charge in [-0.15, -0.1) is 11.3 Å². The van der Waals surface area contributed by atoms with E-state index in [1.54, 1.807) is 0 Å². The number of para-hydroxylation sites is 4. The first-order valence-corrected chi connectivity index (χ1v) is 17.7. The van der Waals surface area contributed by atoms with Gasteiger partial charge in [0.25, 0.3) is 0 Å². The lowest BCUT2D eigenvalue weighted by molar-refractivity contribution is 1.10. The molecule has 0 bridgehead atoms. The van der Waals surface area contributed by atoms with Gasteiger partial charge in [0.1, 0.15) is 5.82 Å². The smallest absolute Gasteiger partial charge is 0.145 e. The van der Waals surface area contributed by atoms with Crippen LogP contribution in [0.15, 0.2) is 170 Å². The summed E-state index contributed by atoms with van der Waals surface area (Å²) in [6.45, 7) is 0. The van der Waals surface area contributed by atoms with Crippen LogP contribution < -0.4 is 0 Å². The Labute approximate surface area is 291 Å². The minimum absolute atomic E-state index is 0.931. The molecule has 11 aromatic rings. The van der Waals surface area contributed by atoms with Crippen molar-refractivity contribution in [3.05, 3.63) is 170 Å². The van der Waals surface area contributed by atoms with Gasteiger partial charge in [-0.3, -0.25) is 4.57 Å². The maximum atomic E-state index is 5.14. The van der Waals surface area contributed by atoms with Crippen molar-refractivity contribution in [1.29, 1.82) is 0 Å². The van der Waals surface area contributed by atoms with Crippen molar-refractivity contribution in [2.45, 2.75) is 0 Å². The fraction of sp³-hybridized carbons (Fsp3) is 0. The van der Waals surface area contributed by atoms with Crippen LogP contribution in [0.1, 0.15) is 0 Å². The van der Waals surface area contributed by atoms with Crippen LogP contribution in [-0.4, -0.2) is 18.7 Å². The number of hydrogen-bond acceptors (Lipinski definition) is 2. The highest BCUT2D eigenvalue weighted by molar-refractivity contribution is 7.26. The number of benzene rings is 7. The maximum Gasteiger partial charge on any atom is 0.145 e. The van der Waals surface area contributed by atoms with Gasteiger partial charge in [0.2, 0.25) is 0 Å². The molecule has 50 heavy (non-hydrogen) atoms. The average Bonchev–Trinajstić information content (AvgIpc) is 3.95. The molecule has 0 saturated carbocycles. The maximum absolute atomic E-state index is 5.14. The van der Waals surface area contributed by atoms with Gasteiger partial charge in [0.15, 0.2) is 0 Å². The molecular formula is C45H28N4S. The number of nitrogens with zero attached hydrogens (tertiary/aromatic N) is 4. The lowest BCUT2D eigenvalue weighted by atomic mass is 10.1. The number of aromatic nitrogens is 4. The molecule has 0 unspecified atom stereocenters. The molecule has 0 aliphatic rings. The van der Waals surface area contributed by atoms with Gasteiger partial charge in [-0.1, -0.05) is 84.9 Å². The minimum Gasteiger partial charge on any atom is -0.316 e. The zero-order valence-corrected chi connectivity index (χ0v) is 27.7. The molecule has 4 heterocycles. The van der Waals surface area contributed by atoms with E-state index in [1.807, 2.05) is 11.3 Å². The van der Waals surface area contributed by atoms with Crippen molar-refractivity contribution in [3.63, 3.8) is 0 Å². The van der Waals surface area contributed by atoms with Crippen LogP contribution in [0.5, 0.6) is 0 Å². The van der Waals surface area contributed by atoms with E-state index in [4.69, 9.17) is 4.98 Å².